The van der Waals surface area contributed by atoms with Gasteiger partial charge in [-0.25, -0.2) is 14.7 Å². The molecule has 2 aromatic rings. The second kappa shape index (κ2) is 7.63. The van der Waals surface area contributed by atoms with Gasteiger partial charge < -0.3 is 10.1 Å². The number of hydrogen-bond acceptors (Lipinski definition) is 4. The van der Waals surface area contributed by atoms with Gasteiger partial charge in [0.15, 0.2) is 6.23 Å². The second-order valence-electron chi connectivity index (χ2n) is 5.67. The van der Waals surface area contributed by atoms with Crippen LogP contribution in [0.25, 0.3) is 0 Å². The molecular weight excluding hydrogens is 358 g/mol. The number of ether oxygens (including phenoxy) is 1. The number of nitrogens with zero attached hydrogens (tertiary/aromatic N) is 2. The average molecular weight is 376 g/mol. The molecule has 3 rings (SSSR count). The van der Waals surface area contributed by atoms with Crippen molar-refractivity contribution in [3.8, 4) is 5.75 Å². The van der Waals surface area contributed by atoms with E-state index in [1.165, 1.54) is 11.9 Å². The van der Waals surface area contributed by atoms with Gasteiger partial charge in [-0.3, -0.25) is 9.69 Å². The summed E-state index contributed by atoms with van der Waals surface area (Å²) >= 11 is 5.90. The first-order valence-corrected chi connectivity index (χ1v) is 8.29. The van der Waals surface area contributed by atoms with E-state index in [4.69, 9.17) is 21.2 Å². The zero-order valence-electron chi connectivity index (χ0n) is 14.3. The van der Waals surface area contributed by atoms with Gasteiger partial charge in [0.2, 0.25) is 5.91 Å². The zero-order valence-corrected chi connectivity index (χ0v) is 15.1. The van der Waals surface area contributed by atoms with Gasteiger partial charge in [-0.15, -0.1) is 0 Å². The van der Waals surface area contributed by atoms with Crippen LogP contribution in [0.1, 0.15) is 6.42 Å². The van der Waals surface area contributed by atoms with E-state index in [1.54, 1.807) is 55.6 Å². The van der Waals surface area contributed by atoms with E-state index in [1.807, 2.05) is 0 Å². The molecular formula is C18H18ClN3O4. The molecule has 1 N–H and O–H groups in total. The Morgan fingerprint density at radius 1 is 1.19 bits per heavy atom. The number of carbonyl (C=O) groups excluding carboxylic acids is 2. The summed E-state index contributed by atoms with van der Waals surface area (Å²) < 4.78 is 5.09. The highest BCUT2D eigenvalue weighted by molar-refractivity contribution is 6.30. The summed E-state index contributed by atoms with van der Waals surface area (Å²) in [7, 11) is 3.08. The van der Waals surface area contributed by atoms with Crippen molar-refractivity contribution in [2.45, 2.75) is 12.6 Å². The summed E-state index contributed by atoms with van der Waals surface area (Å²) in [5.41, 5.74) is 1.23. The zero-order chi connectivity index (χ0) is 18.7. The summed E-state index contributed by atoms with van der Waals surface area (Å²) in [6.45, 7) is 0. The predicted molar refractivity (Wildman–Crippen MR) is 98.2 cm³/mol. The predicted octanol–water partition coefficient (Wildman–Crippen LogP) is 3.51. The molecule has 0 aliphatic carbocycles. The largest absolute Gasteiger partial charge is 0.497 e. The van der Waals surface area contributed by atoms with Gasteiger partial charge in [-0.05, 0) is 48.5 Å². The number of halogens is 1. The Balaban J connectivity index is 1.70. The molecule has 3 amide bonds. The molecule has 1 aliphatic heterocycles. The van der Waals surface area contributed by atoms with Crippen molar-refractivity contribution >= 4 is 34.9 Å². The van der Waals surface area contributed by atoms with Gasteiger partial charge in [0.1, 0.15) is 5.75 Å². The first-order chi connectivity index (χ1) is 12.5. The van der Waals surface area contributed by atoms with E-state index < -0.39 is 6.23 Å². The van der Waals surface area contributed by atoms with E-state index in [9.17, 15) is 9.59 Å². The highest BCUT2D eigenvalue weighted by Crippen LogP contribution is 2.28. The van der Waals surface area contributed by atoms with Crippen LogP contribution in [0, 0.1) is 0 Å². The number of hydrogen-bond donors (Lipinski definition) is 1. The van der Waals surface area contributed by atoms with Gasteiger partial charge in [0.05, 0.1) is 13.5 Å². The molecule has 0 saturated carbocycles. The standard InChI is InChI=1S/C18H18ClN3O4/c1-21-18(24)22(14-7-3-12(19)4-8-14)17(26-21)11-16(23)20-13-5-9-15(25-2)10-6-13/h3-10,17H,11H2,1-2H3,(H,20,23)/t17-/m1/s1. The third-order valence-corrected chi connectivity index (χ3v) is 4.13. The van der Waals surface area contributed by atoms with Crippen molar-refractivity contribution in [1.29, 1.82) is 0 Å². The Kier molecular flexibility index (Phi) is 5.29. The van der Waals surface area contributed by atoms with Crippen LogP contribution in [0.15, 0.2) is 48.5 Å². The highest BCUT2D eigenvalue weighted by atomic mass is 35.5. The van der Waals surface area contributed by atoms with Gasteiger partial charge in [-0.2, -0.15) is 0 Å². The number of anilines is 2. The van der Waals surface area contributed by atoms with Gasteiger partial charge in [0, 0.05) is 23.4 Å². The SMILES string of the molecule is COc1ccc(NC(=O)C[C@H]2ON(C)C(=O)N2c2ccc(Cl)cc2)cc1. The molecule has 0 aromatic heterocycles. The van der Waals surface area contributed by atoms with Crippen molar-refractivity contribution in [2.24, 2.45) is 0 Å². The number of benzene rings is 2. The lowest BCUT2D eigenvalue weighted by Gasteiger charge is -2.20. The maximum atomic E-state index is 12.4. The van der Waals surface area contributed by atoms with Gasteiger partial charge >= 0.3 is 6.03 Å². The number of rotatable bonds is 5. The molecule has 0 spiro atoms. The fraction of sp³-hybridized carbons (Fsp3) is 0.222. The van der Waals surface area contributed by atoms with Crippen molar-refractivity contribution in [3.05, 3.63) is 53.6 Å². The van der Waals surface area contributed by atoms with Crippen molar-refractivity contribution in [1.82, 2.24) is 5.06 Å². The molecule has 1 saturated heterocycles. The summed E-state index contributed by atoms with van der Waals surface area (Å²) in [6, 6.07) is 13.4. The lowest BCUT2D eigenvalue weighted by atomic mass is 10.2. The summed E-state index contributed by atoms with van der Waals surface area (Å²) in [6.07, 6.45) is -0.767. The van der Waals surface area contributed by atoms with E-state index >= 15 is 0 Å². The van der Waals surface area contributed by atoms with Gasteiger partial charge in [-0.1, -0.05) is 11.6 Å². The number of carbonyl (C=O) groups is 2. The van der Waals surface area contributed by atoms with E-state index in [0.29, 0.717) is 22.1 Å². The Hall–Kier alpha value is -2.77. The molecule has 0 bridgehead atoms. The van der Waals surface area contributed by atoms with Crippen LogP contribution in [0.5, 0.6) is 5.75 Å². The lowest BCUT2D eigenvalue weighted by molar-refractivity contribution is -0.129. The maximum absolute atomic E-state index is 12.4. The monoisotopic (exact) mass is 375 g/mol. The molecule has 1 aliphatic rings. The number of nitrogens with one attached hydrogen (secondary N) is 1. The Labute approximate surface area is 156 Å². The van der Waals surface area contributed by atoms with Crippen LogP contribution in [0.2, 0.25) is 5.02 Å². The summed E-state index contributed by atoms with van der Waals surface area (Å²) in [5, 5.41) is 4.45. The van der Waals surface area contributed by atoms with Crippen LogP contribution >= 0.6 is 11.6 Å². The minimum absolute atomic E-state index is 0.0231. The van der Waals surface area contributed by atoms with E-state index in [2.05, 4.69) is 5.32 Å². The number of amides is 3. The van der Waals surface area contributed by atoms with Crippen molar-refractivity contribution in [2.75, 3.05) is 24.4 Å². The quantitative estimate of drug-likeness (QED) is 0.868. The second-order valence-corrected chi connectivity index (χ2v) is 6.10. The molecule has 7 nitrogen and oxygen atoms in total. The van der Waals surface area contributed by atoms with Crippen LogP contribution in [-0.4, -0.2) is 37.4 Å². The topological polar surface area (TPSA) is 71.1 Å². The normalized spacial score (nSPS) is 16.7. The van der Waals surface area contributed by atoms with Crippen molar-refractivity contribution in [3.63, 3.8) is 0 Å². The Morgan fingerprint density at radius 2 is 1.85 bits per heavy atom. The lowest BCUT2D eigenvalue weighted by Crippen LogP contribution is -2.36. The molecule has 136 valence electrons. The molecule has 8 heteroatoms. The minimum Gasteiger partial charge on any atom is -0.497 e. The molecule has 0 radical (unpaired) electrons. The Bertz CT molecular complexity index is 795. The average Bonchev–Trinajstić information content (AvgIpc) is 2.90. The van der Waals surface area contributed by atoms with E-state index in [-0.39, 0.29) is 18.4 Å². The smallest absolute Gasteiger partial charge is 0.350 e. The number of hydroxylamine groups is 2. The Morgan fingerprint density at radius 3 is 2.46 bits per heavy atom. The first kappa shape index (κ1) is 18.0. The molecule has 26 heavy (non-hydrogen) atoms. The molecule has 2 aromatic carbocycles. The third kappa shape index (κ3) is 3.89. The molecule has 1 atom stereocenters. The fourth-order valence-corrected chi connectivity index (χ4v) is 2.73. The summed E-state index contributed by atoms with van der Waals surface area (Å²) in [4.78, 5) is 31.7. The molecule has 1 heterocycles. The van der Waals surface area contributed by atoms with Crippen LogP contribution in [0.4, 0.5) is 16.2 Å². The highest BCUT2D eigenvalue weighted by Gasteiger charge is 2.39. The fourth-order valence-electron chi connectivity index (χ4n) is 2.60. The summed E-state index contributed by atoms with van der Waals surface area (Å²) in [5.74, 6) is 0.422. The number of urea groups is 1. The van der Waals surface area contributed by atoms with Crippen LogP contribution in [-0.2, 0) is 9.63 Å². The van der Waals surface area contributed by atoms with Crippen LogP contribution < -0.4 is 15.0 Å². The van der Waals surface area contributed by atoms with E-state index in [0.717, 1.165) is 5.06 Å². The third-order valence-electron chi connectivity index (χ3n) is 3.88. The maximum Gasteiger partial charge on any atom is 0.350 e. The number of methoxy groups -OCH3 is 1. The van der Waals surface area contributed by atoms with Crippen molar-refractivity contribution < 1.29 is 19.2 Å². The molecule has 0 unspecified atom stereocenters. The minimum atomic E-state index is -0.744. The van der Waals surface area contributed by atoms with Crippen LogP contribution in [0.3, 0.4) is 0 Å². The molecule has 1 fully saturated rings. The van der Waals surface area contributed by atoms with Gasteiger partial charge in [0.25, 0.3) is 0 Å². The first-order valence-electron chi connectivity index (χ1n) is 7.91.